The molecule has 2 N–H and O–H groups in total. The number of fused-ring (bicyclic) bond motifs is 1. The third kappa shape index (κ3) is 3.26. The summed E-state index contributed by atoms with van der Waals surface area (Å²) in [5.41, 5.74) is 6.78. The fourth-order valence-corrected chi connectivity index (χ4v) is 2.81. The van der Waals surface area contributed by atoms with E-state index in [0.717, 1.165) is 22.4 Å². The van der Waals surface area contributed by atoms with Crippen molar-refractivity contribution in [1.82, 2.24) is 0 Å². The molecule has 0 saturated carbocycles. The van der Waals surface area contributed by atoms with Crippen LogP contribution in [0.3, 0.4) is 0 Å². The summed E-state index contributed by atoms with van der Waals surface area (Å²) in [6.07, 6.45) is 0.870. The lowest BCUT2D eigenvalue weighted by molar-refractivity contribution is 0.480. The smallest absolute Gasteiger partial charge is 0.141 e. The van der Waals surface area contributed by atoms with E-state index in [0.29, 0.717) is 6.54 Å². The Balaban J connectivity index is 1.87. The Morgan fingerprint density at radius 3 is 2.48 bits per heavy atom. The molecule has 0 fully saturated rings. The van der Waals surface area contributed by atoms with Crippen molar-refractivity contribution < 1.29 is 4.74 Å². The van der Waals surface area contributed by atoms with Gasteiger partial charge in [-0.3, -0.25) is 0 Å². The third-order valence-corrected chi connectivity index (χ3v) is 4.00. The number of halogens is 1. The SMILES string of the molecule is NCCc1ccc(Oc2ccc3ccccc3c2)c(Br)c1. The number of nitrogens with two attached hydrogens (primary N) is 1. The van der Waals surface area contributed by atoms with Crippen LogP contribution in [0.2, 0.25) is 0 Å². The summed E-state index contributed by atoms with van der Waals surface area (Å²) >= 11 is 3.56. The third-order valence-electron chi connectivity index (χ3n) is 3.38. The van der Waals surface area contributed by atoms with Gasteiger partial charge in [0.2, 0.25) is 0 Å². The molecule has 21 heavy (non-hydrogen) atoms. The molecule has 3 rings (SSSR count). The average molecular weight is 342 g/mol. The molecule has 0 spiro atoms. The van der Waals surface area contributed by atoms with Gasteiger partial charge in [-0.1, -0.05) is 36.4 Å². The molecular formula is C18H16BrNO. The van der Waals surface area contributed by atoms with Gasteiger partial charge in [-0.15, -0.1) is 0 Å². The minimum atomic E-state index is 0.650. The van der Waals surface area contributed by atoms with E-state index in [1.807, 2.05) is 30.3 Å². The summed E-state index contributed by atoms with van der Waals surface area (Å²) in [6.45, 7) is 0.650. The zero-order chi connectivity index (χ0) is 14.7. The van der Waals surface area contributed by atoms with Gasteiger partial charge in [0, 0.05) is 0 Å². The zero-order valence-corrected chi connectivity index (χ0v) is 13.1. The molecule has 0 aliphatic rings. The molecule has 0 heterocycles. The second kappa shape index (κ2) is 6.29. The van der Waals surface area contributed by atoms with E-state index >= 15 is 0 Å². The first-order valence-corrected chi connectivity index (χ1v) is 7.71. The number of hydrogen-bond donors (Lipinski definition) is 1. The maximum absolute atomic E-state index is 5.97. The summed E-state index contributed by atoms with van der Waals surface area (Å²) < 4.78 is 6.92. The largest absolute Gasteiger partial charge is 0.456 e. The Labute approximate surface area is 132 Å². The summed E-state index contributed by atoms with van der Waals surface area (Å²) in [5.74, 6) is 1.65. The highest BCUT2D eigenvalue weighted by Crippen LogP contribution is 2.32. The van der Waals surface area contributed by atoms with E-state index in [2.05, 4.69) is 46.3 Å². The summed E-state index contributed by atoms with van der Waals surface area (Å²) in [5, 5.41) is 2.38. The average Bonchev–Trinajstić information content (AvgIpc) is 2.50. The molecule has 3 heteroatoms. The van der Waals surface area contributed by atoms with Crippen molar-refractivity contribution in [2.45, 2.75) is 6.42 Å². The van der Waals surface area contributed by atoms with Gasteiger partial charge in [0.05, 0.1) is 4.47 Å². The van der Waals surface area contributed by atoms with E-state index in [1.165, 1.54) is 16.3 Å². The molecule has 0 atom stereocenters. The normalized spacial score (nSPS) is 10.8. The van der Waals surface area contributed by atoms with Crippen LogP contribution in [0, 0.1) is 0 Å². The van der Waals surface area contributed by atoms with Gasteiger partial charge in [-0.25, -0.2) is 0 Å². The molecule has 106 valence electrons. The van der Waals surface area contributed by atoms with Crippen LogP contribution >= 0.6 is 15.9 Å². The minimum absolute atomic E-state index is 0.650. The minimum Gasteiger partial charge on any atom is -0.456 e. The first kappa shape index (κ1) is 14.1. The number of rotatable bonds is 4. The van der Waals surface area contributed by atoms with Crippen molar-refractivity contribution in [2.75, 3.05) is 6.54 Å². The van der Waals surface area contributed by atoms with Gasteiger partial charge >= 0.3 is 0 Å². The highest BCUT2D eigenvalue weighted by Gasteiger charge is 2.05. The van der Waals surface area contributed by atoms with Crippen LogP contribution in [-0.4, -0.2) is 6.54 Å². The maximum atomic E-state index is 5.97. The molecule has 3 aromatic rings. The molecule has 0 amide bonds. The van der Waals surface area contributed by atoms with Gasteiger partial charge in [-0.05, 0) is 69.5 Å². The van der Waals surface area contributed by atoms with Crippen molar-refractivity contribution in [3.8, 4) is 11.5 Å². The fraction of sp³-hybridized carbons (Fsp3) is 0.111. The maximum Gasteiger partial charge on any atom is 0.141 e. The predicted octanol–water partition coefficient (Wildman–Crippen LogP) is 4.90. The van der Waals surface area contributed by atoms with Gasteiger partial charge in [0.15, 0.2) is 0 Å². The van der Waals surface area contributed by atoms with E-state index in [4.69, 9.17) is 10.5 Å². The highest BCUT2D eigenvalue weighted by molar-refractivity contribution is 9.10. The monoisotopic (exact) mass is 341 g/mol. The Kier molecular flexibility index (Phi) is 4.23. The Hall–Kier alpha value is -1.84. The predicted molar refractivity (Wildman–Crippen MR) is 90.9 cm³/mol. The van der Waals surface area contributed by atoms with Crippen molar-refractivity contribution in [1.29, 1.82) is 0 Å². The highest BCUT2D eigenvalue weighted by atomic mass is 79.9. The van der Waals surface area contributed by atoms with Crippen LogP contribution in [-0.2, 0) is 6.42 Å². The van der Waals surface area contributed by atoms with E-state index < -0.39 is 0 Å². The van der Waals surface area contributed by atoms with E-state index in [1.54, 1.807) is 0 Å². The molecular weight excluding hydrogens is 326 g/mol. The summed E-state index contributed by atoms with van der Waals surface area (Å²) in [4.78, 5) is 0. The summed E-state index contributed by atoms with van der Waals surface area (Å²) in [7, 11) is 0. The van der Waals surface area contributed by atoms with Crippen molar-refractivity contribution in [3.63, 3.8) is 0 Å². The Morgan fingerprint density at radius 2 is 1.71 bits per heavy atom. The van der Waals surface area contributed by atoms with E-state index in [9.17, 15) is 0 Å². The van der Waals surface area contributed by atoms with Gasteiger partial charge in [-0.2, -0.15) is 0 Å². The fourth-order valence-electron chi connectivity index (χ4n) is 2.31. The van der Waals surface area contributed by atoms with Crippen LogP contribution in [0.15, 0.2) is 65.1 Å². The molecule has 2 nitrogen and oxygen atoms in total. The van der Waals surface area contributed by atoms with Crippen molar-refractivity contribution in [2.24, 2.45) is 5.73 Å². The lowest BCUT2D eigenvalue weighted by Gasteiger charge is -2.10. The Bertz CT molecular complexity index is 770. The molecule has 0 radical (unpaired) electrons. The van der Waals surface area contributed by atoms with Crippen molar-refractivity contribution in [3.05, 3.63) is 70.7 Å². The van der Waals surface area contributed by atoms with Crippen LogP contribution in [0.1, 0.15) is 5.56 Å². The second-order valence-electron chi connectivity index (χ2n) is 4.91. The second-order valence-corrected chi connectivity index (χ2v) is 5.77. The number of hydrogen-bond acceptors (Lipinski definition) is 2. The standard InChI is InChI=1S/C18H16BrNO/c19-17-11-13(9-10-20)5-8-18(17)21-16-7-6-14-3-1-2-4-15(14)12-16/h1-8,11-12H,9-10,20H2. The summed E-state index contributed by atoms with van der Waals surface area (Å²) in [6, 6.07) is 20.4. The first-order valence-electron chi connectivity index (χ1n) is 6.91. The van der Waals surface area contributed by atoms with Crippen molar-refractivity contribution >= 4 is 26.7 Å². The molecule has 0 aliphatic heterocycles. The molecule has 0 aromatic heterocycles. The van der Waals surface area contributed by atoms with Crippen LogP contribution in [0.5, 0.6) is 11.5 Å². The molecule has 0 bridgehead atoms. The lowest BCUT2D eigenvalue weighted by Crippen LogP contribution is -2.02. The van der Waals surface area contributed by atoms with Gasteiger partial charge in [0.1, 0.15) is 11.5 Å². The number of benzene rings is 3. The van der Waals surface area contributed by atoms with Gasteiger partial charge in [0.25, 0.3) is 0 Å². The lowest BCUT2D eigenvalue weighted by atomic mass is 10.1. The van der Waals surface area contributed by atoms with Crippen LogP contribution in [0.25, 0.3) is 10.8 Å². The molecule has 3 aromatic carbocycles. The first-order chi connectivity index (χ1) is 10.3. The molecule has 0 aliphatic carbocycles. The van der Waals surface area contributed by atoms with Gasteiger partial charge < -0.3 is 10.5 Å². The topological polar surface area (TPSA) is 35.2 Å². The molecule has 0 saturated heterocycles. The molecule has 0 unspecified atom stereocenters. The number of ether oxygens (including phenoxy) is 1. The zero-order valence-electron chi connectivity index (χ0n) is 11.6. The quantitative estimate of drug-likeness (QED) is 0.732. The van der Waals surface area contributed by atoms with Crippen LogP contribution < -0.4 is 10.5 Å². The van der Waals surface area contributed by atoms with Crippen LogP contribution in [0.4, 0.5) is 0 Å². The van der Waals surface area contributed by atoms with E-state index in [-0.39, 0.29) is 0 Å². The Morgan fingerprint density at radius 1 is 0.905 bits per heavy atom.